The van der Waals surface area contributed by atoms with Gasteiger partial charge in [-0.2, -0.15) is 0 Å². The van der Waals surface area contributed by atoms with Crippen molar-refractivity contribution in [3.8, 4) is 0 Å². The van der Waals surface area contributed by atoms with Gasteiger partial charge in [-0.05, 0) is 0 Å². The number of hydrogen-bond acceptors (Lipinski definition) is 6. The zero-order valence-electron chi connectivity index (χ0n) is 10.9. The predicted octanol–water partition coefficient (Wildman–Crippen LogP) is 2.23. The van der Waals surface area contributed by atoms with Crippen LogP contribution in [0.4, 0.5) is 0 Å². The molecule has 106 valence electrons. The summed E-state index contributed by atoms with van der Waals surface area (Å²) in [7, 11) is 0. The molecule has 2 aromatic rings. The van der Waals surface area contributed by atoms with Crippen molar-refractivity contribution in [2.45, 2.75) is 0 Å². The van der Waals surface area contributed by atoms with E-state index >= 15 is 0 Å². The number of oxime groups is 2. The molecule has 2 rings (SSSR count). The van der Waals surface area contributed by atoms with E-state index in [0.29, 0.717) is 11.1 Å². The molecule has 0 aromatic heterocycles. The Balaban J connectivity index is 1.94. The normalized spacial score (nSPS) is 12.0. The van der Waals surface area contributed by atoms with Crippen molar-refractivity contribution in [1.29, 1.82) is 0 Å². The van der Waals surface area contributed by atoms with Crippen LogP contribution in [0, 0.1) is 0 Å². The molecule has 0 aliphatic rings. The molecule has 0 bridgehead atoms. The van der Waals surface area contributed by atoms with E-state index in [0.717, 1.165) is 0 Å². The first-order valence-corrected chi connectivity index (χ1v) is 9.16. The van der Waals surface area contributed by atoms with E-state index in [-0.39, 0.29) is 11.8 Å². The van der Waals surface area contributed by atoms with Crippen LogP contribution in [0.5, 0.6) is 0 Å². The first-order valence-electron chi connectivity index (χ1n) is 5.99. The number of hydrogen-bond donors (Lipinski definition) is 2. The molecule has 21 heavy (non-hydrogen) atoms. The third kappa shape index (κ3) is 4.45. The predicted molar refractivity (Wildman–Crippen MR) is 77.5 cm³/mol. The zero-order chi connectivity index (χ0) is 14.9. The van der Waals surface area contributed by atoms with E-state index in [1.807, 2.05) is 36.4 Å². The van der Waals surface area contributed by atoms with Crippen LogP contribution < -0.4 is 0 Å². The summed E-state index contributed by atoms with van der Waals surface area (Å²) in [4.78, 5) is 0. The van der Waals surface area contributed by atoms with Crippen molar-refractivity contribution >= 4 is 36.9 Å². The number of rotatable bonds is 4. The van der Waals surface area contributed by atoms with Crippen LogP contribution in [0.15, 0.2) is 71.0 Å². The van der Waals surface area contributed by atoms with Crippen molar-refractivity contribution in [3.63, 3.8) is 0 Å². The molecular formula is C14H12N2O4Pb. The van der Waals surface area contributed by atoms with Crippen LogP contribution >= 0.6 is 0 Å². The maximum absolute atomic E-state index is 8.98. The summed E-state index contributed by atoms with van der Waals surface area (Å²) in [5.41, 5.74) is 1.30. The van der Waals surface area contributed by atoms with E-state index < -0.39 is 25.1 Å². The molecule has 2 radical (unpaired) electrons. The summed E-state index contributed by atoms with van der Waals surface area (Å²) in [6.45, 7) is 0. The van der Waals surface area contributed by atoms with Gasteiger partial charge in [0.1, 0.15) is 0 Å². The second kappa shape index (κ2) is 8.25. The quantitative estimate of drug-likeness (QED) is 0.232. The molecule has 7 heteroatoms. The minimum atomic E-state index is -2.10. The average Bonchev–Trinajstić information content (AvgIpc) is 2.57. The third-order valence-electron chi connectivity index (χ3n) is 2.50. The van der Waals surface area contributed by atoms with Crippen LogP contribution in [-0.4, -0.2) is 47.4 Å². The molecule has 0 unspecified atom stereocenters. The first kappa shape index (κ1) is 15.3. The summed E-state index contributed by atoms with van der Waals surface area (Å²) in [6.07, 6.45) is 0. The van der Waals surface area contributed by atoms with Gasteiger partial charge < -0.3 is 0 Å². The van der Waals surface area contributed by atoms with Crippen molar-refractivity contribution in [1.82, 2.24) is 0 Å². The van der Waals surface area contributed by atoms with Crippen LogP contribution in [0.25, 0.3) is 0 Å². The van der Waals surface area contributed by atoms with E-state index in [4.69, 9.17) is 15.8 Å². The maximum atomic E-state index is 8.98. The van der Waals surface area contributed by atoms with Gasteiger partial charge in [0.05, 0.1) is 0 Å². The van der Waals surface area contributed by atoms with E-state index in [1.54, 1.807) is 24.3 Å². The molecule has 2 N–H and O–H groups in total. The zero-order valence-corrected chi connectivity index (χ0v) is 14.8. The average molecular weight is 479 g/mol. The number of benzene rings is 2. The topological polar surface area (TPSA) is 83.6 Å². The Morgan fingerprint density at radius 2 is 1.10 bits per heavy atom. The molecule has 6 nitrogen and oxygen atoms in total. The van der Waals surface area contributed by atoms with Crippen molar-refractivity contribution < 1.29 is 15.8 Å². The monoisotopic (exact) mass is 480 g/mol. The Morgan fingerprint density at radius 3 is 1.43 bits per heavy atom. The molecule has 0 saturated carbocycles. The second-order valence-electron chi connectivity index (χ2n) is 3.83. The van der Waals surface area contributed by atoms with Gasteiger partial charge in [-0.1, -0.05) is 0 Å². The van der Waals surface area contributed by atoms with E-state index in [2.05, 4.69) is 10.3 Å². The molecule has 0 aliphatic heterocycles. The Morgan fingerprint density at radius 1 is 0.714 bits per heavy atom. The minimum absolute atomic E-state index is 0.101. The summed E-state index contributed by atoms with van der Waals surface area (Å²) in [5.74, 6) is 0.202. The summed E-state index contributed by atoms with van der Waals surface area (Å²) in [6, 6.07) is 18.0. The molecule has 0 saturated heterocycles. The fourth-order valence-electron chi connectivity index (χ4n) is 1.54. The van der Waals surface area contributed by atoms with Crippen LogP contribution in [0.2, 0.25) is 0 Å². The van der Waals surface area contributed by atoms with Crippen LogP contribution in [0.3, 0.4) is 0 Å². The summed E-state index contributed by atoms with van der Waals surface area (Å²) >= 11 is -2.10. The molecule has 0 atom stereocenters. The Labute approximate surface area is 134 Å². The van der Waals surface area contributed by atoms with Crippen molar-refractivity contribution in [2.24, 2.45) is 10.3 Å². The third-order valence-corrected chi connectivity index (χ3v) is 4.65. The Kier molecular flexibility index (Phi) is 6.01. The van der Waals surface area contributed by atoms with Gasteiger partial charge in [0, 0.05) is 0 Å². The Hall–Kier alpha value is -2.10. The standard InChI is InChI=1S/2C7H7NO2.Pb/c2*9-7(8-10)6-4-2-1-3-5-6;/h2*1-5,10H,(H,8,9);/q;;+2/p-2. The molecule has 0 spiro atoms. The molecule has 0 fully saturated rings. The van der Waals surface area contributed by atoms with Crippen LogP contribution in [-0.2, 0) is 5.37 Å². The molecule has 0 aliphatic carbocycles. The van der Waals surface area contributed by atoms with Gasteiger partial charge in [0.15, 0.2) is 0 Å². The van der Waals surface area contributed by atoms with Gasteiger partial charge in [0.2, 0.25) is 0 Å². The first-order chi connectivity index (χ1) is 10.3. The second-order valence-corrected chi connectivity index (χ2v) is 6.06. The fraction of sp³-hybridized carbons (Fsp3) is 0. The van der Waals surface area contributed by atoms with Gasteiger partial charge in [0.25, 0.3) is 0 Å². The fourth-order valence-corrected chi connectivity index (χ4v) is 3.54. The molecule has 0 heterocycles. The summed E-state index contributed by atoms with van der Waals surface area (Å²) in [5, 5.41) is 24.2. The van der Waals surface area contributed by atoms with Gasteiger partial charge in [-0.15, -0.1) is 0 Å². The summed E-state index contributed by atoms with van der Waals surface area (Å²) < 4.78 is 10.8. The van der Waals surface area contributed by atoms with E-state index in [1.165, 1.54) is 0 Å². The van der Waals surface area contributed by atoms with Gasteiger partial charge in [-0.3, -0.25) is 0 Å². The molecule has 0 amide bonds. The SMILES string of the molecule is ON=C([O][Pb][O]C(=NO)c1ccccc1)c1ccccc1. The van der Waals surface area contributed by atoms with Crippen molar-refractivity contribution in [3.05, 3.63) is 71.8 Å². The Bertz CT molecular complexity index is 562. The molecule has 2 aromatic carbocycles. The van der Waals surface area contributed by atoms with Gasteiger partial charge in [-0.25, -0.2) is 0 Å². The number of nitrogens with zero attached hydrogens (tertiary/aromatic N) is 2. The molecular weight excluding hydrogens is 467 g/mol. The van der Waals surface area contributed by atoms with Gasteiger partial charge >= 0.3 is 135 Å². The van der Waals surface area contributed by atoms with Crippen LogP contribution in [0.1, 0.15) is 11.1 Å². The van der Waals surface area contributed by atoms with Crippen molar-refractivity contribution in [2.75, 3.05) is 0 Å². The van der Waals surface area contributed by atoms with E-state index in [9.17, 15) is 0 Å².